The van der Waals surface area contributed by atoms with Crippen molar-refractivity contribution in [3.8, 4) is 0 Å². The molecule has 2 aliphatic rings. The molecule has 4 rings (SSSR count). The van der Waals surface area contributed by atoms with Crippen molar-refractivity contribution in [3.05, 3.63) is 47.0 Å². The Labute approximate surface area is 145 Å². The lowest BCUT2D eigenvalue weighted by Crippen LogP contribution is -2.40. The van der Waals surface area contributed by atoms with Crippen molar-refractivity contribution in [2.75, 3.05) is 19.8 Å². The average molecular weight is 344 g/mol. The SMILES string of the molecule is Cn1nnc2c1C(COCC1CC1)CN(C(=O)c1cccc(F)c1)C2. The highest BCUT2D eigenvalue weighted by Crippen LogP contribution is 2.31. The minimum Gasteiger partial charge on any atom is -0.380 e. The highest BCUT2D eigenvalue weighted by atomic mass is 19.1. The van der Waals surface area contributed by atoms with E-state index < -0.39 is 5.82 Å². The fourth-order valence-corrected chi connectivity index (χ4v) is 3.37. The molecule has 1 aromatic heterocycles. The molecule has 7 heteroatoms. The Hall–Kier alpha value is -2.28. The van der Waals surface area contributed by atoms with E-state index in [0.717, 1.165) is 18.0 Å². The third kappa shape index (κ3) is 3.42. The summed E-state index contributed by atoms with van der Waals surface area (Å²) in [5.74, 6) is 0.119. The largest absolute Gasteiger partial charge is 0.380 e. The molecule has 2 aromatic rings. The number of rotatable bonds is 5. The molecule has 1 atom stereocenters. The molecule has 0 N–H and O–H groups in total. The maximum absolute atomic E-state index is 13.4. The number of aromatic nitrogens is 3. The maximum Gasteiger partial charge on any atom is 0.254 e. The van der Waals surface area contributed by atoms with Crippen LogP contribution in [0.3, 0.4) is 0 Å². The summed E-state index contributed by atoms with van der Waals surface area (Å²) < 4.78 is 21.1. The Balaban J connectivity index is 1.53. The molecular weight excluding hydrogens is 323 g/mol. The van der Waals surface area contributed by atoms with Gasteiger partial charge in [0.25, 0.3) is 5.91 Å². The Morgan fingerprint density at radius 2 is 2.20 bits per heavy atom. The zero-order valence-corrected chi connectivity index (χ0v) is 14.2. The Morgan fingerprint density at radius 1 is 1.36 bits per heavy atom. The first-order valence-electron chi connectivity index (χ1n) is 8.63. The molecule has 1 aliphatic heterocycles. The first-order chi connectivity index (χ1) is 12.1. The number of amides is 1. The molecule has 1 fully saturated rings. The van der Waals surface area contributed by atoms with Crippen LogP contribution in [0.1, 0.15) is 40.5 Å². The lowest BCUT2D eigenvalue weighted by molar-refractivity contribution is 0.0618. The van der Waals surface area contributed by atoms with Gasteiger partial charge in [-0.2, -0.15) is 0 Å². The molecule has 0 radical (unpaired) electrons. The van der Waals surface area contributed by atoms with E-state index in [1.165, 1.54) is 25.0 Å². The van der Waals surface area contributed by atoms with Gasteiger partial charge in [0, 0.05) is 31.7 Å². The van der Waals surface area contributed by atoms with Crippen molar-refractivity contribution >= 4 is 5.91 Å². The molecular formula is C18H21FN4O2. The second-order valence-electron chi connectivity index (χ2n) is 6.92. The fourth-order valence-electron chi connectivity index (χ4n) is 3.37. The van der Waals surface area contributed by atoms with E-state index in [2.05, 4.69) is 10.3 Å². The van der Waals surface area contributed by atoms with Crippen molar-refractivity contribution in [1.82, 2.24) is 19.9 Å². The van der Waals surface area contributed by atoms with E-state index in [4.69, 9.17) is 4.74 Å². The highest BCUT2D eigenvalue weighted by molar-refractivity contribution is 5.94. The molecule has 132 valence electrons. The molecule has 25 heavy (non-hydrogen) atoms. The number of hydrogen-bond donors (Lipinski definition) is 0. The smallest absolute Gasteiger partial charge is 0.254 e. The van der Waals surface area contributed by atoms with E-state index in [9.17, 15) is 9.18 Å². The third-order valence-corrected chi connectivity index (χ3v) is 4.84. The van der Waals surface area contributed by atoms with Crippen molar-refractivity contribution in [2.24, 2.45) is 13.0 Å². The minimum absolute atomic E-state index is 0.0278. The standard InChI is InChI=1S/C18H21FN4O2/c1-22-17-14(11-25-10-12-5-6-12)8-23(9-16(17)20-21-22)18(24)13-3-2-4-15(19)7-13/h2-4,7,12,14H,5-6,8-11H2,1H3. The molecule has 0 spiro atoms. The summed E-state index contributed by atoms with van der Waals surface area (Å²) in [6.45, 7) is 2.22. The second-order valence-corrected chi connectivity index (χ2v) is 6.92. The van der Waals surface area contributed by atoms with E-state index >= 15 is 0 Å². The molecule has 1 unspecified atom stereocenters. The van der Waals surface area contributed by atoms with E-state index in [-0.39, 0.29) is 11.8 Å². The summed E-state index contributed by atoms with van der Waals surface area (Å²) >= 11 is 0. The number of hydrogen-bond acceptors (Lipinski definition) is 4. The zero-order chi connectivity index (χ0) is 17.4. The summed E-state index contributed by atoms with van der Waals surface area (Å²) in [6.07, 6.45) is 2.49. The Morgan fingerprint density at radius 3 is 2.96 bits per heavy atom. The predicted octanol–water partition coefficient (Wildman–Crippen LogP) is 2.12. The molecule has 0 saturated heterocycles. The van der Waals surface area contributed by atoms with Crippen LogP contribution in [0.4, 0.5) is 4.39 Å². The second kappa shape index (κ2) is 6.55. The molecule has 1 aliphatic carbocycles. The van der Waals surface area contributed by atoms with Crippen LogP contribution in [-0.4, -0.2) is 45.6 Å². The average Bonchev–Trinajstić information content (AvgIpc) is 3.36. The van der Waals surface area contributed by atoms with Crippen LogP contribution in [0.5, 0.6) is 0 Å². The number of halogens is 1. The quantitative estimate of drug-likeness (QED) is 0.834. The summed E-state index contributed by atoms with van der Waals surface area (Å²) in [5.41, 5.74) is 2.17. The van der Waals surface area contributed by atoms with Crippen LogP contribution in [0.2, 0.25) is 0 Å². The summed E-state index contributed by atoms with van der Waals surface area (Å²) in [4.78, 5) is 14.5. The fraction of sp³-hybridized carbons (Fsp3) is 0.500. The number of nitrogens with zero attached hydrogens (tertiary/aromatic N) is 4. The first kappa shape index (κ1) is 16.2. The number of carbonyl (C=O) groups excluding carboxylic acids is 1. The van der Waals surface area contributed by atoms with Crippen LogP contribution >= 0.6 is 0 Å². The van der Waals surface area contributed by atoms with Gasteiger partial charge in [-0.1, -0.05) is 11.3 Å². The van der Waals surface area contributed by atoms with E-state index in [1.54, 1.807) is 21.7 Å². The predicted molar refractivity (Wildman–Crippen MR) is 88.4 cm³/mol. The number of aryl methyl sites for hydroxylation is 1. The topological polar surface area (TPSA) is 60.2 Å². The number of fused-ring (bicyclic) bond motifs is 1. The molecule has 2 heterocycles. The van der Waals surface area contributed by atoms with Crippen LogP contribution < -0.4 is 0 Å². The first-order valence-corrected chi connectivity index (χ1v) is 8.63. The van der Waals surface area contributed by atoms with E-state index in [1.807, 2.05) is 7.05 Å². The van der Waals surface area contributed by atoms with Gasteiger partial charge in [-0.3, -0.25) is 9.48 Å². The van der Waals surface area contributed by atoms with Gasteiger partial charge in [0.05, 0.1) is 18.8 Å². The summed E-state index contributed by atoms with van der Waals surface area (Å²) in [7, 11) is 1.86. The van der Waals surface area contributed by atoms with E-state index in [0.29, 0.717) is 31.2 Å². The van der Waals surface area contributed by atoms with Gasteiger partial charge in [-0.25, -0.2) is 4.39 Å². The zero-order valence-electron chi connectivity index (χ0n) is 14.2. The molecule has 0 bridgehead atoms. The summed E-state index contributed by atoms with van der Waals surface area (Å²) in [6, 6.07) is 5.79. The van der Waals surface area contributed by atoms with Crippen molar-refractivity contribution < 1.29 is 13.9 Å². The van der Waals surface area contributed by atoms with Crippen molar-refractivity contribution in [1.29, 1.82) is 0 Å². The molecule has 1 amide bonds. The van der Waals surface area contributed by atoms with Gasteiger partial charge in [0.15, 0.2) is 0 Å². The minimum atomic E-state index is -0.410. The van der Waals surface area contributed by atoms with Crippen LogP contribution in [0, 0.1) is 11.7 Å². The van der Waals surface area contributed by atoms with Gasteiger partial charge in [-0.05, 0) is 37.0 Å². The molecule has 1 saturated carbocycles. The molecule has 1 aromatic carbocycles. The van der Waals surface area contributed by atoms with Gasteiger partial charge in [0.2, 0.25) is 0 Å². The van der Waals surface area contributed by atoms with Gasteiger partial charge < -0.3 is 9.64 Å². The number of benzene rings is 1. The maximum atomic E-state index is 13.4. The lowest BCUT2D eigenvalue weighted by atomic mass is 9.98. The van der Waals surface area contributed by atoms with Crippen molar-refractivity contribution in [2.45, 2.75) is 25.3 Å². The normalized spacial score (nSPS) is 19.8. The third-order valence-electron chi connectivity index (χ3n) is 4.84. The summed E-state index contributed by atoms with van der Waals surface area (Å²) in [5, 5.41) is 8.29. The van der Waals surface area contributed by atoms with Crippen LogP contribution in [0.15, 0.2) is 24.3 Å². The number of ether oxygens (including phenoxy) is 1. The van der Waals surface area contributed by atoms with Gasteiger partial charge >= 0.3 is 0 Å². The van der Waals surface area contributed by atoms with Gasteiger partial charge in [-0.15, -0.1) is 5.10 Å². The Kier molecular flexibility index (Phi) is 4.25. The van der Waals surface area contributed by atoms with Crippen molar-refractivity contribution in [3.63, 3.8) is 0 Å². The molecule has 6 nitrogen and oxygen atoms in total. The lowest BCUT2D eigenvalue weighted by Gasteiger charge is -2.32. The number of carbonyl (C=O) groups is 1. The highest BCUT2D eigenvalue weighted by Gasteiger charge is 2.33. The monoisotopic (exact) mass is 344 g/mol. The van der Waals surface area contributed by atoms with Crippen LogP contribution in [0.25, 0.3) is 0 Å². The van der Waals surface area contributed by atoms with Crippen LogP contribution in [-0.2, 0) is 18.3 Å². The Bertz CT molecular complexity index is 787. The van der Waals surface area contributed by atoms with Gasteiger partial charge in [0.1, 0.15) is 11.5 Å².